The molecule has 0 spiro atoms. The fourth-order valence-electron chi connectivity index (χ4n) is 4.69. The summed E-state index contributed by atoms with van der Waals surface area (Å²) in [6.45, 7) is 0. The van der Waals surface area contributed by atoms with Crippen molar-refractivity contribution in [1.29, 1.82) is 42.1 Å². The van der Waals surface area contributed by atoms with Crippen molar-refractivity contribution in [3.05, 3.63) is 115 Å². The number of nitrogens with zero attached hydrogens (tertiary/aromatic N) is 8. The monoisotopic (exact) mass is 516 g/mol. The largest absolute Gasteiger partial charge is 0.207 e. The van der Waals surface area contributed by atoms with Crippen LogP contribution in [-0.4, -0.2) is 0 Å². The predicted octanol–water partition coefficient (Wildman–Crippen LogP) is 4.97. The van der Waals surface area contributed by atoms with Gasteiger partial charge in [0.2, 0.25) is 0 Å². The van der Waals surface area contributed by atoms with Gasteiger partial charge in [0, 0.05) is 44.6 Å². The van der Waals surface area contributed by atoms with E-state index < -0.39 is 22.8 Å². The molecule has 0 heterocycles. The minimum atomic E-state index is -0.777. The van der Waals surface area contributed by atoms with Gasteiger partial charge in [0.15, 0.2) is 0 Å². The molecule has 0 N–H and O–H groups in total. The van der Waals surface area contributed by atoms with Crippen molar-refractivity contribution in [2.75, 3.05) is 0 Å². The molecule has 2 aliphatic carbocycles. The summed E-state index contributed by atoms with van der Waals surface area (Å²) >= 11 is 0. The van der Waals surface area contributed by atoms with Crippen LogP contribution in [0.25, 0.3) is 11.1 Å². The van der Waals surface area contributed by atoms with Crippen molar-refractivity contribution < 1.29 is 8.78 Å². The van der Waals surface area contributed by atoms with Crippen molar-refractivity contribution in [2.45, 2.75) is 0 Å². The number of hydrogen-bond donors (Lipinski definition) is 0. The van der Waals surface area contributed by atoms with Crippen LogP contribution in [0.1, 0.15) is 22.3 Å². The van der Waals surface area contributed by atoms with Gasteiger partial charge in [-0.15, -0.1) is 0 Å². The first-order chi connectivity index (χ1) is 19.3. The van der Waals surface area contributed by atoms with Crippen molar-refractivity contribution in [1.82, 2.24) is 0 Å². The summed E-state index contributed by atoms with van der Waals surface area (Å²) in [4.78, 5) is 0. The lowest BCUT2D eigenvalue weighted by molar-refractivity contribution is 0.626. The lowest BCUT2D eigenvalue weighted by atomic mass is 9.83. The molecule has 0 unspecified atom stereocenters. The normalized spacial score (nSPS) is 13.2. The van der Waals surface area contributed by atoms with E-state index in [-0.39, 0.29) is 66.8 Å². The van der Waals surface area contributed by atoms with Gasteiger partial charge in [0.25, 0.3) is 0 Å². The van der Waals surface area contributed by atoms with Crippen molar-refractivity contribution in [3.63, 3.8) is 0 Å². The van der Waals surface area contributed by atoms with E-state index in [1.807, 2.05) is 12.1 Å². The molecule has 180 valence electrons. The zero-order valence-corrected chi connectivity index (χ0v) is 19.8. The van der Waals surface area contributed by atoms with Crippen LogP contribution in [0.15, 0.2) is 81.0 Å². The second-order valence-corrected chi connectivity index (χ2v) is 8.02. The molecule has 0 radical (unpaired) electrons. The molecule has 2 aromatic rings. The first kappa shape index (κ1) is 26.0. The van der Waals surface area contributed by atoms with E-state index in [0.29, 0.717) is 0 Å². The minimum absolute atomic E-state index is 0.0407. The highest BCUT2D eigenvalue weighted by Crippen LogP contribution is 2.58. The third-order valence-electron chi connectivity index (χ3n) is 6.16. The maximum atomic E-state index is 14.0. The fraction of sp³-hybridized carbons (Fsp3) is 0. The molecule has 0 amide bonds. The van der Waals surface area contributed by atoms with E-state index in [2.05, 4.69) is 0 Å². The lowest BCUT2D eigenvalue weighted by Gasteiger charge is -2.16. The Labute approximate surface area is 225 Å². The minimum Gasteiger partial charge on any atom is -0.207 e. The van der Waals surface area contributed by atoms with E-state index in [4.69, 9.17) is 0 Å². The van der Waals surface area contributed by atoms with Gasteiger partial charge in [-0.1, -0.05) is 12.1 Å². The SMILES string of the molecule is N#CC(C#N)=C1C2=C(C(C#N)=C1c1ccc(F)cc1C#N)C(=C(C#N)C#N)C(c1ccc(F)cc1C#N)=C2C#N. The van der Waals surface area contributed by atoms with Crippen molar-refractivity contribution >= 4 is 11.1 Å². The molecule has 8 nitrogen and oxygen atoms in total. The number of nitriles is 8. The van der Waals surface area contributed by atoms with Crippen LogP contribution < -0.4 is 0 Å². The summed E-state index contributed by atoms with van der Waals surface area (Å²) in [6, 6.07) is 20.3. The molecule has 0 saturated carbocycles. The second kappa shape index (κ2) is 10.1. The zero-order chi connectivity index (χ0) is 29.1. The van der Waals surface area contributed by atoms with Gasteiger partial charge in [0.05, 0.1) is 34.4 Å². The molecule has 0 saturated heterocycles. The molecular formula is C30H6F2N8. The molecule has 4 rings (SSSR count). The third kappa shape index (κ3) is 3.66. The Kier molecular flexibility index (Phi) is 6.58. The summed E-state index contributed by atoms with van der Waals surface area (Å²) in [5.74, 6) is -1.55. The average molecular weight is 516 g/mol. The smallest absolute Gasteiger partial charge is 0.138 e. The van der Waals surface area contributed by atoms with Gasteiger partial charge < -0.3 is 0 Å². The Morgan fingerprint density at radius 1 is 0.475 bits per heavy atom. The van der Waals surface area contributed by atoms with Crippen LogP contribution in [0.2, 0.25) is 0 Å². The van der Waals surface area contributed by atoms with Gasteiger partial charge in [-0.25, -0.2) is 8.78 Å². The number of rotatable bonds is 2. The van der Waals surface area contributed by atoms with Crippen LogP contribution in [0.4, 0.5) is 8.78 Å². The summed E-state index contributed by atoms with van der Waals surface area (Å²) in [7, 11) is 0. The molecule has 10 heteroatoms. The Bertz CT molecular complexity index is 1920. The summed E-state index contributed by atoms with van der Waals surface area (Å²) < 4.78 is 28.0. The van der Waals surface area contributed by atoms with E-state index in [1.54, 1.807) is 36.4 Å². The van der Waals surface area contributed by atoms with Gasteiger partial charge in [-0.2, -0.15) is 42.1 Å². The Morgan fingerprint density at radius 3 is 1.10 bits per heavy atom. The predicted molar refractivity (Wildman–Crippen MR) is 131 cm³/mol. The van der Waals surface area contributed by atoms with Crippen LogP contribution in [-0.2, 0) is 0 Å². The molecular weight excluding hydrogens is 510 g/mol. The van der Waals surface area contributed by atoms with E-state index in [9.17, 15) is 50.9 Å². The van der Waals surface area contributed by atoms with E-state index in [1.165, 1.54) is 12.1 Å². The van der Waals surface area contributed by atoms with Gasteiger partial charge in [-0.3, -0.25) is 0 Å². The third-order valence-corrected chi connectivity index (χ3v) is 6.16. The van der Waals surface area contributed by atoms with Crippen LogP contribution in [0, 0.1) is 102 Å². The Morgan fingerprint density at radius 2 is 0.825 bits per heavy atom. The second-order valence-electron chi connectivity index (χ2n) is 8.02. The summed E-state index contributed by atoms with van der Waals surface area (Å²) in [5.41, 5.74) is -3.50. The highest BCUT2D eigenvalue weighted by molar-refractivity contribution is 6.12. The van der Waals surface area contributed by atoms with Gasteiger partial charge in [-0.05, 0) is 24.3 Å². The standard InChI is InChI=1S/C30H6F2N8/c31-19-1-3-21(15(5-19)7-33)27-23(13-39)29-26(18(11-37)12-38)28(22-4-2-20(32)6-16(22)8-34)24(14-40)30(29)25(27)17(9-35)10-36/h1-6H. The lowest BCUT2D eigenvalue weighted by Crippen LogP contribution is -2.03. The van der Waals surface area contributed by atoms with E-state index >= 15 is 0 Å². The molecule has 40 heavy (non-hydrogen) atoms. The molecule has 2 aromatic carbocycles. The van der Waals surface area contributed by atoms with E-state index in [0.717, 1.165) is 24.3 Å². The first-order valence-corrected chi connectivity index (χ1v) is 10.9. The molecule has 0 atom stereocenters. The molecule has 0 fully saturated rings. The Hall–Kier alpha value is -7.08. The van der Waals surface area contributed by atoms with Gasteiger partial charge in [0.1, 0.15) is 59.2 Å². The highest BCUT2D eigenvalue weighted by atomic mass is 19.1. The topological polar surface area (TPSA) is 190 Å². The van der Waals surface area contributed by atoms with Crippen molar-refractivity contribution in [3.8, 4) is 48.6 Å². The van der Waals surface area contributed by atoms with Gasteiger partial charge >= 0.3 is 0 Å². The fourth-order valence-corrected chi connectivity index (χ4v) is 4.69. The first-order valence-electron chi connectivity index (χ1n) is 10.9. The molecule has 0 aromatic heterocycles. The number of allylic oxidation sites excluding steroid dienone is 10. The van der Waals surface area contributed by atoms with Crippen molar-refractivity contribution in [2.24, 2.45) is 0 Å². The van der Waals surface area contributed by atoms with Crippen LogP contribution in [0.3, 0.4) is 0 Å². The summed E-state index contributed by atoms with van der Waals surface area (Å²) in [6.07, 6.45) is 0. The van der Waals surface area contributed by atoms with Crippen LogP contribution >= 0.6 is 0 Å². The zero-order valence-electron chi connectivity index (χ0n) is 19.8. The number of benzene rings is 2. The number of halogens is 2. The Balaban J connectivity index is 2.30. The molecule has 0 bridgehead atoms. The molecule has 2 aliphatic rings. The molecule has 0 aliphatic heterocycles. The highest BCUT2D eigenvalue weighted by Gasteiger charge is 2.45. The maximum absolute atomic E-state index is 14.0. The maximum Gasteiger partial charge on any atom is 0.138 e. The average Bonchev–Trinajstić information content (AvgIpc) is 3.46. The van der Waals surface area contributed by atoms with Crippen LogP contribution in [0.5, 0.6) is 0 Å². The number of hydrogen-bond acceptors (Lipinski definition) is 8. The quantitative estimate of drug-likeness (QED) is 0.499. The summed E-state index contributed by atoms with van der Waals surface area (Å²) in [5, 5.41) is 79.4.